The van der Waals surface area contributed by atoms with Gasteiger partial charge in [-0.1, -0.05) is 12.1 Å². The van der Waals surface area contributed by atoms with Crippen molar-refractivity contribution >= 4 is 5.69 Å². The molecule has 0 aliphatic heterocycles. The topological polar surface area (TPSA) is 34.2 Å². The van der Waals surface area contributed by atoms with E-state index in [1.165, 1.54) is 11.1 Å². The van der Waals surface area contributed by atoms with Crippen LogP contribution in [0, 0.1) is 20.8 Å². The molecule has 0 fully saturated rings. The van der Waals surface area contributed by atoms with Crippen molar-refractivity contribution in [3.63, 3.8) is 0 Å². The fourth-order valence-electron chi connectivity index (χ4n) is 1.81. The number of nitrogens with one attached hydrogen (secondary N) is 1. The van der Waals surface area contributed by atoms with Crippen molar-refractivity contribution in [2.45, 2.75) is 20.8 Å². The molecule has 2 aromatic rings. The van der Waals surface area contributed by atoms with Gasteiger partial charge in [0.05, 0.1) is 18.1 Å². The Morgan fingerprint density at radius 1 is 1.06 bits per heavy atom. The lowest BCUT2D eigenvalue weighted by Gasteiger charge is -2.13. The van der Waals surface area contributed by atoms with Gasteiger partial charge in [0, 0.05) is 13.1 Å². The van der Waals surface area contributed by atoms with Crippen molar-refractivity contribution in [1.29, 1.82) is 0 Å². The second-order valence-electron chi connectivity index (χ2n) is 4.41. The standard InChI is InChI=1S/C15H18N2O/c1-10-5-6-11(2)15(12(10)3)18-14-7-13(16-4)8-17-9-14/h5-9,16H,1-4H3. The smallest absolute Gasteiger partial charge is 0.147 e. The van der Waals surface area contributed by atoms with Gasteiger partial charge >= 0.3 is 0 Å². The van der Waals surface area contributed by atoms with Gasteiger partial charge in [0.2, 0.25) is 0 Å². The van der Waals surface area contributed by atoms with E-state index in [0.717, 1.165) is 22.7 Å². The van der Waals surface area contributed by atoms with Gasteiger partial charge in [-0.15, -0.1) is 0 Å². The summed E-state index contributed by atoms with van der Waals surface area (Å²) in [5.74, 6) is 1.67. The lowest BCUT2D eigenvalue weighted by atomic mass is 10.1. The molecule has 0 radical (unpaired) electrons. The van der Waals surface area contributed by atoms with Crippen LogP contribution in [0.15, 0.2) is 30.6 Å². The fraction of sp³-hybridized carbons (Fsp3) is 0.267. The highest BCUT2D eigenvalue weighted by Crippen LogP contribution is 2.31. The summed E-state index contributed by atoms with van der Waals surface area (Å²) in [6.07, 6.45) is 3.49. The molecule has 2 rings (SSSR count). The first-order valence-corrected chi connectivity index (χ1v) is 5.99. The van der Waals surface area contributed by atoms with Crippen molar-refractivity contribution in [1.82, 2.24) is 4.98 Å². The van der Waals surface area contributed by atoms with E-state index >= 15 is 0 Å². The molecule has 1 aromatic carbocycles. The number of rotatable bonds is 3. The Balaban J connectivity index is 2.36. The van der Waals surface area contributed by atoms with E-state index in [-0.39, 0.29) is 0 Å². The minimum Gasteiger partial charge on any atom is -0.455 e. The van der Waals surface area contributed by atoms with Gasteiger partial charge < -0.3 is 10.1 Å². The van der Waals surface area contributed by atoms with Gasteiger partial charge in [0.15, 0.2) is 0 Å². The molecule has 94 valence electrons. The highest BCUT2D eigenvalue weighted by atomic mass is 16.5. The normalized spacial score (nSPS) is 10.2. The van der Waals surface area contributed by atoms with E-state index in [2.05, 4.69) is 43.2 Å². The van der Waals surface area contributed by atoms with Crippen LogP contribution in [0.25, 0.3) is 0 Å². The minimum atomic E-state index is 0.749. The van der Waals surface area contributed by atoms with Crippen LogP contribution in [0.5, 0.6) is 11.5 Å². The summed E-state index contributed by atoms with van der Waals surface area (Å²) in [4.78, 5) is 4.15. The van der Waals surface area contributed by atoms with Gasteiger partial charge in [-0.25, -0.2) is 0 Å². The molecule has 1 N–H and O–H groups in total. The van der Waals surface area contributed by atoms with Gasteiger partial charge in [-0.3, -0.25) is 4.98 Å². The maximum absolute atomic E-state index is 5.96. The van der Waals surface area contributed by atoms with Gasteiger partial charge in [-0.05, 0) is 37.5 Å². The summed E-state index contributed by atoms with van der Waals surface area (Å²) in [5, 5.41) is 3.05. The largest absolute Gasteiger partial charge is 0.455 e. The summed E-state index contributed by atoms with van der Waals surface area (Å²) in [7, 11) is 1.87. The molecule has 0 saturated heterocycles. The van der Waals surface area contributed by atoms with Crippen LogP contribution in [0.4, 0.5) is 5.69 Å². The van der Waals surface area contributed by atoms with Gasteiger partial charge in [0.1, 0.15) is 11.5 Å². The number of hydrogen-bond acceptors (Lipinski definition) is 3. The molecule has 0 atom stereocenters. The quantitative estimate of drug-likeness (QED) is 0.888. The molecule has 1 heterocycles. The molecular formula is C15H18N2O. The van der Waals surface area contributed by atoms with Crippen molar-refractivity contribution in [2.24, 2.45) is 0 Å². The minimum absolute atomic E-state index is 0.749. The molecule has 0 aliphatic rings. The summed E-state index contributed by atoms with van der Waals surface area (Å²) in [5.41, 5.74) is 4.47. The van der Waals surface area contributed by atoms with E-state index < -0.39 is 0 Å². The van der Waals surface area contributed by atoms with Gasteiger partial charge in [0.25, 0.3) is 0 Å². The zero-order chi connectivity index (χ0) is 13.1. The predicted octanol–water partition coefficient (Wildman–Crippen LogP) is 3.84. The number of anilines is 1. The lowest BCUT2D eigenvalue weighted by molar-refractivity contribution is 0.472. The lowest BCUT2D eigenvalue weighted by Crippen LogP contribution is -1.95. The monoisotopic (exact) mass is 242 g/mol. The van der Waals surface area contributed by atoms with Gasteiger partial charge in [-0.2, -0.15) is 0 Å². The molecule has 0 aliphatic carbocycles. The third kappa shape index (κ3) is 2.45. The maximum atomic E-state index is 5.96. The second kappa shape index (κ2) is 5.08. The highest BCUT2D eigenvalue weighted by Gasteiger charge is 2.08. The Morgan fingerprint density at radius 2 is 1.78 bits per heavy atom. The van der Waals surface area contributed by atoms with Crippen LogP contribution < -0.4 is 10.1 Å². The van der Waals surface area contributed by atoms with Crippen LogP contribution in [0.2, 0.25) is 0 Å². The number of aromatic nitrogens is 1. The molecule has 0 bridgehead atoms. The van der Waals surface area contributed by atoms with Crippen LogP contribution in [0.3, 0.4) is 0 Å². The number of benzene rings is 1. The first-order valence-electron chi connectivity index (χ1n) is 5.99. The molecule has 3 heteroatoms. The maximum Gasteiger partial charge on any atom is 0.147 e. The number of pyridine rings is 1. The molecule has 1 aromatic heterocycles. The van der Waals surface area contributed by atoms with E-state index in [0.29, 0.717) is 0 Å². The summed E-state index contributed by atoms with van der Waals surface area (Å²) in [6, 6.07) is 6.13. The van der Waals surface area contributed by atoms with Crippen LogP contribution >= 0.6 is 0 Å². The number of nitrogens with zero attached hydrogens (tertiary/aromatic N) is 1. The molecular weight excluding hydrogens is 224 g/mol. The van der Waals surface area contributed by atoms with Crippen LogP contribution in [0.1, 0.15) is 16.7 Å². The highest BCUT2D eigenvalue weighted by molar-refractivity contribution is 5.49. The Hall–Kier alpha value is -2.03. The summed E-state index contributed by atoms with van der Waals surface area (Å²) < 4.78 is 5.96. The average molecular weight is 242 g/mol. The Bertz CT molecular complexity index is 564. The van der Waals surface area contributed by atoms with E-state index in [1.807, 2.05) is 13.1 Å². The van der Waals surface area contributed by atoms with E-state index in [9.17, 15) is 0 Å². The Morgan fingerprint density at radius 3 is 2.50 bits per heavy atom. The zero-order valence-electron chi connectivity index (χ0n) is 11.2. The summed E-state index contributed by atoms with van der Waals surface area (Å²) in [6.45, 7) is 6.22. The zero-order valence-corrected chi connectivity index (χ0v) is 11.2. The van der Waals surface area contributed by atoms with E-state index in [1.54, 1.807) is 12.4 Å². The van der Waals surface area contributed by atoms with Crippen LogP contribution in [-0.4, -0.2) is 12.0 Å². The molecule has 18 heavy (non-hydrogen) atoms. The number of hydrogen-bond donors (Lipinski definition) is 1. The van der Waals surface area contributed by atoms with Crippen molar-refractivity contribution in [3.05, 3.63) is 47.3 Å². The SMILES string of the molecule is CNc1cncc(Oc2c(C)ccc(C)c2C)c1. The molecule has 3 nitrogen and oxygen atoms in total. The van der Waals surface area contributed by atoms with Crippen molar-refractivity contribution in [3.8, 4) is 11.5 Å². The second-order valence-corrected chi connectivity index (χ2v) is 4.41. The Labute approximate surface area is 108 Å². The van der Waals surface area contributed by atoms with Crippen molar-refractivity contribution < 1.29 is 4.74 Å². The fourth-order valence-corrected chi connectivity index (χ4v) is 1.81. The van der Waals surface area contributed by atoms with E-state index in [4.69, 9.17) is 4.74 Å². The third-order valence-electron chi connectivity index (χ3n) is 3.10. The third-order valence-corrected chi connectivity index (χ3v) is 3.10. The number of aryl methyl sites for hydroxylation is 2. The summed E-state index contributed by atoms with van der Waals surface area (Å²) >= 11 is 0. The average Bonchev–Trinajstić information content (AvgIpc) is 2.39. The molecule has 0 spiro atoms. The number of ether oxygens (including phenoxy) is 1. The molecule has 0 amide bonds. The Kier molecular flexibility index (Phi) is 3.51. The van der Waals surface area contributed by atoms with Crippen LogP contribution in [-0.2, 0) is 0 Å². The predicted molar refractivity (Wildman–Crippen MR) is 74.5 cm³/mol. The molecule has 0 unspecified atom stereocenters. The van der Waals surface area contributed by atoms with Crippen molar-refractivity contribution in [2.75, 3.05) is 12.4 Å². The first-order chi connectivity index (χ1) is 8.61. The molecule has 0 saturated carbocycles. The first kappa shape index (κ1) is 12.4.